The molecular weight excluding hydrogens is 212 g/mol. The van der Waals surface area contributed by atoms with E-state index in [1.54, 1.807) is 7.11 Å². The monoisotopic (exact) mass is 242 g/mol. The van der Waals surface area contributed by atoms with Gasteiger partial charge < -0.3 is 9.84 Å². The van der Waals surface area contributed by atoms with Gasteiger partial charge in [0.15, 0.2) is 0 Å². The molecule has 1 fully saturated rings. The SMILES string of the molecule is CCC(CC)(OC)C(O)C1CCC(C)C(C)C1. The van der Waals surface area contributed by atoms with Crippen LogP contribution < -0.4 is 0 Å². The maximum Gasteiger partial charge on any atom is 0.0933 e. The molecule has 1 rings (SSSR count). The fourth-order valence-electron chi connectivity index (χ4n) is 3.38. The number of hydrogen-bond acceptors (Lipinski definition) is 2. The quantitative estimate of drug-likeness (QED) is 0.798. The maximum absolute atomic E-state index is 10.7. The normalized spacial score (nSPS) is 32.5. The molecule has 0 bridgehead atoms. The van der Waals surface area contributed by atoms with Gasteiger partial charge in [-0.05, 0) is 43.4 Å². The second kappa shape index (κ2) is 6.19. The first-order chi connectivity index (χ1) is 8.00. The molecular formula is C15H30O2. The summed E-state index contributed by atoms with van der Waals surface area (Å²) in [7, 11) is 1.74. The Morgan fingerprint density at radius 3 is 2.18 bits per heavy atom. The van der Waals surface area contributed by atoms with E-state index in [9.17, 15) is 5.11 Å². The van der Waals surface area contributed by atoms with Gasteiger partial charge in [0.2, 0.25) is 0 Å². The lowest BCUT2D eigenvalue weighted by molar-refractivity contribution is -0.137. The highest BCUT2D eigenvalue weighted by atomic mass is 16.5. The predicted octanol–water partition coefficient (Wildman–Crippen LogP) is 3.62. The standard InChI is InChI=1S/C15H30O2/c1-6-15(7-2,17-5)14(16)13-9-8-11(3)12(4)10-13/h11-14,16H,6-10H2,1-5H3. The summed E-state index contributed by atoms with van der Waals surface area (Å²) in [4.78, 5) is 0. The van der Waals surface area contributed by atoms with Gasteiger partial charge in [0.25, 0.3) is 0 Å². The van der Waals surface area contributed by atoms with Gasteiger partial charge in [0.1, 0.15) is 0 Å². The Kier molecular flexibility index (Phi) is 5.46. The minimum atomic E-state index is -0.328. The molecule has 1 aliphatic carbocycles. The van der Waals surface area contributed by atoms with Crippen LogP contribution >= 0.6 is 0 Å². The van der Waals surface area contributed by atoms with Crippen LogP contribution in [0.2, 0.25) is 0 Å². The first kappa shape index (κ1) is 15.0. The van der Waals surface area contributed by atoms with E-state index in [1.807, 2.05) is 0 Å². The molecule has 0 aliphatic heterocycles. The largest absolute Gasteiger partial charge is 0.390 e. The summed E-state index contributed by atoms with van der Waals surface area (Å²) >= 11 is 0. The summed E-state index contributed by atoms with van der Waals surface area (Å²) in [5, 5.41) is 10.7. The zero-order chi connectivity index (χ0) is 13.1. The summed E-state index contributed by atoms with van der Waals surface area (Å²) < 4.78 is 5.66. The molecule has 1 N–H and O–H groups in total. The molecule has 0 aromatic heterocycles. The highest BCUT2D eigenvalue weighted by molar-refractivity contribution is 4.92. The van der Waals surface area contributed by atoms with Crippen LogP contribution in [-0.4, -0.2) is 23.9 Å². The van der Waals surface area contributed by atoms with Gasteiger partial charge in [-0.25, -0.2) is 0 Å². The molecule has 0 aromatic carbocycles. The van der Waals surface area contributed by atoms with Crippen LogP contribution in [0, 0.1) is 17.8 Å². The fraction of sp³-hybridized carbons (Fsp3) is 1.00. The lowest BCUT2D eigenvalue weighted by Crippen LogP contribution is -2.48. The molecule has 102 valence electrons. The topological polar surface area (TPSA) is 29.5 Å². The summed E-state index contributed by atoms with van der Waals surface area (Å²) in [6, 6.07) is 0. The van der Waals surface area contributed by atoms with Crippen molar-refractivity contribution < 1.29 is 9.84 Å². The Balaban J connectivity index is 2.71. The number of hydrogen-bond donors (Lipinski definition) is 1. The van der Waals surface area contributed by atoms with Gasteiger partial charge in [0, 0.05) is 7.11 Å². The number of rotatable bonds is 5. The van der Waals surface area contributed by atoms with E-state index in [2.05, 4.69) is 27.7 Å². The van der Waals surface area contributed by atoms with Gasteiger partial charge in [-0.3, -0.25) is 0 Å². The summed E-state index contributed by atoms with van der Waals surface area (Å²) in [5.41, 5.74) is -0.328. The zero-order valence-corrected chi connectivity index (χ0v) is 12.2. The van der Waals surface area contributed by atoms with Gasteiger partial charge in [-0.15, -0.1) is 0 Å². The molecule has 0 saturated heterocycles. The maximum atomic E-state index is 10.7. The van der Waals surface area contributed by atoms with Gasteiger partial charge in [-0.1, -0.05) is 34.1 Å². The number of aliphatic hydroxyl groups is 1. The van der Waals surface area contributed by atoms with Crippen LogP contribution in [0.5, 0.6) is 0 Å². The molecule has 0 aromatic rings. The van der Waals surface area contributed by atoms with E-state index in [0.29, 0.717) is 5.92 Å². The van der Waals surface area contributed by atoms with Gasteiger partial charge in [-0.2, -0.15) is 0 Å². The van der Waals surface area contributed by atoms with Crippen molar-refractivity contribution in [2.45, 2.75) is 71.5 Å². The molecule has 2 heteroatoms. The molecule has 0 amide bonds. The second-order valence-electron chi connectivity index (χ2n) is 5.95. The van der Waals surface area contributed by atoms with Gasteiger partial charge in [0.05, 0.1) is 11.7 Å². The zero-order valence-electron chi connectivity index (χ0n) is 12.2. The lowest BCUT2D eigenvalue weighted by atomic mass is 9.70. The molecule has 1 saturated carbocycles. The average molecular weight is 242 g/mol. The third kappa shape index (κ3) is 3.03. The van der Waals surface area contributed by atoms with Crippen LogP contribution in [0.15, 0.2) is 0 Å². The second-order valence-corrected chi connectivity index (χ2v) is 5.95. The Morgan fingerprint density at radius 1 is 1.18 bits per heavy atom. The minimum absolute atomic E-state index is 0.308. The number of aliphatic hydroxyl groups excluding tert-OH is 1. The molecule has 0 heterocycles. The molecule has 0 spiro atoms. The molecule has 1 aliphatic rings. The molecule has 0 radical (unpaired) electrons. The van der Waals surface area contributed by atoms with E-state index < -0.39 is 0 Å². The van der Waals surface area contributed by atoms with E-state index in [-0.39, 0.29) is 11.7 Å². The van der Waals surface area contributed by atoms with E-state index in [0.717, 1.165) is 37.5 Å². The van der Waals surface area contributed by atoms with Crippen molar-refractivity contribution in [1.29, 1.82) is 0 Å². The number of methoxy groups -OCH3 is 1. The van der Waals surface area contributed by atoms with Crippen LogP contribution in [0.4, 0.5) is 0 Å². The summed E-state index contributed by atoms with van der Waals surface area (Å²) in [6.07, 6.45) is 5.02. The van der Waals surface area contributed by atoms with Crippen molar-refractivity contribution in [3.8, 4) is 0 Å². The smallest absolute Gasteiger partial charge is 0.0933 e. The Bertz CT molecular complexity index is 215. The molecule has 4 unspecified atom stereocenters. The van der Waals surface area contributed by atoms with Crippen LogP contribution in [0.3, 0.4) is 0 Å². The van der Waals surface area contributed by atoms with E-state index >= 15 is 0 Å². The van der Waals surface area contributed by atoms with Crippen LogP contribution in [0.25, 0.3) is 0 Å². The van der Waals surface area contributed by atoms with Crippen LogP contribution in [0.1, 0.15) is 59.8 Å². The average Bonchev–Trinajstić information content (AvgIpc) is 2.35. The fourth-order valence-corrected chi connectivity index (χ4v) is 3.38. The third-order valence-corrected chi connectivity index (χ3v) is 5.23. The van der Waals surface area contributed by atoms with Crippen molar-refractivity contribution in [2.75, 3.05) is 7.11 Å². The minimum Gasteiger partial charge on any atom is -0.390 e. The van der Waals surface area contributed by atoms with Crippen LogP contribution in [-0.2, 0) is 4.74 Å². The molecule has 17 heavy (non-hydrogen) atoms. The summed E-state index contributed by atoms with van der Waals surface area (Å²) in [5.74, 6) is 1.95. The predicted molar refractivity (Wildman–Crippen MR) is 72.0 cm³/mol. The Labute approximate surface area is 107 Å². The first-order valence-electron chi connectivity index (χ1n) is 7.23. The van der Waals surface area contributed by atoms with Crippen molar-refractivity contribution in [3.63, 3.8) is 0 Å². The van der Waals surface area contributed by atoms with Crippen molar-refractivity contribution in [2.24, 2.45) is 17.8 Å². The van der Waals surface area contributed by atoms with E-state index in [4.69, 9.17) is 4.74 Å². The molecule has 4 atom stereocenters. The van der Waals surface area contributed by atoms with Crippen molar-refractivity contribution in [3.05, 3.63) is 0 Å². The first-order valence-corrected chi connectivity index (χ1v) is 7.23. The number of ether oxygens (including phenoxy) is 1. The van der Waals surface area contributed by atoms with E-state index in [1.165, 1.54) is 6.42 Å². The van der Waals surface area contributed by atoms with Gasteiger partial charge >= 0.3 is 0 Å². The Morgan fingerprint density at radius 2 is 1.76 bits per heavy atom. The molecule has 2 nitrogen and oxygen atoms in total. The lowest BCUT2D eigenvalue weighted by Gasteiger charge is -2.43. The van der Waals surface area contributed by atoms with Crippen molar-refractivity contribution in [1.82, 2.24) is 0 Å². The third-order valence-electron chi connectivity index (χ3n) is 5.23. The highest BCUT2D eigenvalue weighted by Crippen LogP contribution is 2.40. The highest BCUT2D eigenvalue weighted by Gasteiger charge is 2.41. The Hall–Kier alpha value is -0.0800. The van der Waals surface area contributed by atoms with Crippen molar-refractivity contribution >= 4 is 0 Å². The summed E-state index contributed by atoms with van der Waals surface area (Å²) in [6.45, 7) is 8.88.